The van der Waals surface area contributed by atoms with Gasteiger partial charge in [-0.1, -0.05) is 35.9 Å². The number of hydrogen-bond donors (Lipinski definition) is 1. The number of carbonyl (C=O) groups is 4. The lowest BCUT2D eigenvalue weighted by atomic mass is 9.88. The van der Waals surface area contributed by atoms with Gasteiger partial charge < -0.3 is 10.1 Å². The Balaban J connectivity index is 1.25. The van der Waals surface area contributed by atoms with Crippen molar-refractivity contribution in [3.8, 4) is 0 Å². The summed E-state index contributed by atoms with van der Waals surface area (Å²) in [7, 11) is 0. The maximum atomic E-state index is 12.4. The number of nitrogens with zero attached hydrogens (tertiary/aromatic N) is 1. The molecule has 31 heavy (non-hydrogen) atoms. The Kier molecular flexibility index (Phi) is 5.84. The van der Waals surface area contributed by atoms with Gasteiger partial charge in [0.1, 0.15) is 0 Å². The first-order valence-corrected chi connectivity index (χ1v) is 10.4. The maximum Gasteiger partial charge on any atom is 0.308 e. The number of nitrogens with one attached hydrogen (secondary N) is 1. The van der Waals surface area contributed by atoms with Gasteiger partial charge in [0.15, 0.2) is 6.61 Å². The lowest BCUT2D eigenvalue weighted by Crippen LogP contribution is -2.35. The first-order chi connectivity index (χ1) is 14.9. The largest absolute Gasteiger partial charge is 0.456 e. The summed E-state index contributed by atoms with van der Waals surface area (Å²) in [5.74, 6) is -1.83. The van der Waals surface area contributed by atoms with Crippen molar-refractivity contribution in [3.05, 3.63) is 70.3 Å². The number of imide groups is 1. The second-order valence-electron chi connectivity index (χ2n) is 7.93. The Bertz CT molecular complexity index is 1060. The molecule has 1 aliphatic heterocycles. The predicted octanol–water partition coefficient (Wildman–Crippen LogP) is 2.72. The van der Waals surface area contributed by atoms with E-state index in [4.69, 9.17) is 4.74 Å². The van der Waals surface area contributed by atoms with E-state index < -0.39 is 24.4 Å². The third-order valence-corrected chi connectivity index (χ3v) is 5.73. The van der Waals surface area contributed by atoms with Gasteiger partial charge in [-0.2, -0.15) is 0 Å². The summed E-state index contributed by atoms with van der Waals surface area (Å²) < 4.78 is 5.06. The standard InChI is InChI=1S/C24H24N2O5/c1-15-9-10-18-19(13-15)24(30)26(23(18)29)12-11-22(28)31-14-21(27)25-20-8-4-6-16-5-2-3-7-17(16)20/h2-3,5,7,9-10,13,20H,4,6,8,11-12,14H2,1H3,(H,25,27). The first kappa shape index (κ1) is 20.8. The van der Waals surface area contributed by atoms with E-state index in [-0.39, 0.29) is 24.9 Å². The molecule has 1 aliphatic carbocycles. The minimum Gasteiger partial charge on any atom is -0.456 e. The van der Waals surface area contributed by atoms with Crippen LogP contribution in [0.1, 0.15) is 62.7 Å². The fourth-order valence-electron chi connectivity index (χ4n) is 4.17. The molecule has 3 amide bonds. The maximum absolute atomic E-state index is 12.4. The van der Waals surface area contributed by atoms with Gasteiger partial charge in [0, 0.05) is 6.54 Å². The molecule has 0 fully saturated rings. The van der Waals surface area contributed by atoms with Crippen molar-refractivity contribution in [3.63, 3.8) is 0 Å². The molecule has 1 unspecified atom stereocenters. The van der Waals surface area contributed by atoms with Crippen molar-refractivity contribution in [1.29, 1.82) is 0 Å². The van der Waals surface area contributed by atoms with Crippen LogP contribution in [0.4, 0.5) is 0 Å². The monoisotopic (exact) mass is 420 g/mol. The highest BCUT2D eigenvalue weighted by Gasteiger charge is 2.35. The molecule has 0 saturated carbocycles. The number of carbonyl (C=O) groups excluding carboxylic acids is 4. The van der Waals surface area contributed by atoms with Crippen molar-refractivity contribution in [1.82, 2.24) is 10.2 Å². The van der Waals surface area contributed by atoms with Crippen molar-refractivity contribution in [2.75, 3.05) is 13.2 Å². The van der Waals surface area contributed by atoms with E-state index in [1.54, 1.807) is 18.2 Å². The van der Waals surface area contributed by atoms with E-state index in [9.17, 15) is 19.2 Å². The molecule has 0 radical (unpaired) electrons. The molecular formula is C24H24N2O5. The highest BCUT2D eigenvalue weighted by molar-refractivity contribution is 6.21. The number of aryl methyl sites for hydroxylation is 2. The average Bonchev–Trinajstić information content (AvgIpc) is 3.00. The zero-order chi connectivity index (χ0) is 22.0. The van der Waals surface area contributed by atoms with Gasteiger partial charge in [-0.3, -0.25) is 24.1 Å². The van der Waals surface area contributed by atoms with E-state index >= 15 is 0 Å². The molecule has 2 aromatic rings. The van der Waals surface area contributed by atoms with Crippen molar-refractivity contribution >= 4 is 23.7 Å². The Morgan fingerprint density at radius 1 is 1.10 bits per heavy atom. The minimum absolute atomic E-state index is 0.0815. The molecule has 7 nitrogen and oxygen atoms in total. The van der Waals surface area contributed by atoms with E-state index in [1.165, 1.54) is 5.56 Å². The average molecular weight is 420 g/mol. The molecule has 160 valence electrons. The van der Waals surface area contributed by atoms with E-state index in [0.29, 0.717) is 11.1 Å². The number of benzene rings is 2. The Morgan fingerprint density at radius 3 is 2.71 bits per heavy atom. The number of hydrogen-bond acceptors (Lipinski definition) is 5. The SMILES string of the molecule is Cc1ccc2c(c1)C(=O)N(CCC(=O)OCC(=O)NC1CCCc3ccccc31)C2=O. The molecule has 7 heteroatoms. The summed E-state index contributed by atoms with van der Waals surface area (Å²) >= 11 is 0. The number of rotatable bonds is 6. The van der Waals surface area contributed by atoms with E-state index in [2.05, 4.69) is 11.4 Å². The third-order valence-electron chi connectivity index (χ3n) is 5.73. The zero-order valence-electron chi connectivity index (χ0n) is 17.3. The minimum atomic E-state index is -0.632. The molecule has 0 aromatic heterocycles. The number of esters is 1. The van der Waals surface area contributed by atoms with Gasteiger partial charge in [-0.15, -0.1) is 0 Å². The fraction of sp³-hybridized carbons (Fsp3) is 0.333. The second kappa shape index (κ2) is 8.71. The van der Waals surface area contributed by atoms with Crippen LogP contribution in [0.15, 0.2) is 42.5 Å². The highest BCUT2D eigenvalue weighted by atomic mass is 16.5. The second-order valence-corrected chi connectivity index (χ2v) is 7.93. The van der Waals surface area contributed by atoms with Crippen LogP contribution in [0.2, 0.25) is 0 Å². The zero-order valence-corrected chi connectivity index (χ0v) is 17.3. The van der Waals surface area contributed by atoms with Crippen LogP contribution < -0.4 is 5.32 Å². The Hall–Kier alpha value is -3.48. The van der Waals surface area contributed by atoms with E-state index in [0.717, 1.165) is 35.3 Å². The lowest BCUT2D eigenvalue weighted by Gasteiger charge is -2.26. The molecule has 2 aliphatic rings. The molecule has 0 bridgehead atoms. The normalized spacial score (nSPS) is 17.2. The molecule has 0 spiro atoms. The summed E-state index contributed by atoms with van der Waals surface area (Å²) in [6.45, 7) is 1.37. The van der Waals surface area contributed by atoms with Crippen LogP contribution in [0.3, 0.4) is 0 Å². The highest BCUT2D eigenvalue weighted by Crippen LogP contribution is 2.29. The van der Waals surface area contributed by atoms with Crippen LogP contribution in [0.5, 0.6) is 0 Å². The van der Waals surface area contributed by atoms with Gasteiger partial charge in [0.2, 0.25) is 0 Å². The Labute approximate surface area is 180 Å². The van der Waals surface area contributed by atoms with Gasteiger partial charge in [-0.25, -0.2) is 0 Å². The lowest BCUT2D eigenvalue weighted by molar-refractivity contribution is -0.148. The van der Waals surface area contributed by atoms with Crippen molar-refractivity contribution < 1.29 is 23.9 Å². The third kappa shape index (κ3) is 4.35. The Morgan fingerprint density at radius 2 is 1.87 bits per heavy atom. The smallest absolute Gasteiger partial charge is 0.308 e. The number of fused-ring (bicyclic) bond motifs is 2. The van der Waals surface area contributed by atoms with Crippen LogP contribution in [0.25, 0.3) is 0 Å². The number of amides is 3. The van der Waals surface area contributed by atoms with Gasteiger partial charge in [-0.05, 0) is 49.4 Å². The molecule has 4 rings (SSSR count). The fourth-order valence-corrected chi connectivity index (χ4v) is 4.17. The molecule has 2 aromatic carbocycles. The summed E-state index contributed by atoms with van der Waals surface area (Å²) in [4.78, 5) is 50.3. The number of ether oxygens (including phenoxy) is 1. The topological polar surface area (TPSA) is 92.8 Å². The quantitative estimate of drug-likeness (QED) is 0.573. The molecule has 1 N–H and O–H groups in total. The summed E-state index contributed by atoms with van der Waals surface area (Å²) in [5.41, 5.74) is 3.91. The molecule has 1 atom stereocenters. The molecule has 0 saturated heterocycles. The van der Waals surface area contributed by atoms with Crippen molar-refractivity contribution in [2.24, 2.45) is 0 Å². The van der Waals surface area contributed by atoms with Gasteiger partial charge >= 0.3 is 5.97 Å². The van der Waals surface area contributed by atoms with Crippen LogP contribution >= 0.6 is 0 Å². The van der Waals surface area contributed by atoms with Crippen molar-refractivity contribution in [2.45, 2.75) is 38.6 Å². The molecule has 1 heterocycles. The van der Waals surface area contributed by atoms with Crippen LogP contribution in [-0.4, -0.2) is 41.7 Å². The van der Waals surface area contributed by atoms with Gasteiger partial charge in [0.05, 0.1) is 23.6 Å². The van der Waals surface area contributed by atoms with Crippen LogP contribution in [0, 0.1) is 6.92 Å². The van der Waals surface area contributed by atoms with Gasteiger partial charge in [0.25, 0.3) is 17.7 Å². The summed E-state index contributed by atoms with van der Waals surface area (Å²) in [6.07, 6.45) is 2.66. The summed E-state index contributed by atoms with van der Waals surface area (Å²) in [5, 5.41) is 2.92. The van der Waals surface area contributed by atoms with E-state index in [1.807, 2.05) is 25.1 Å². The van der Waals surface area contributed by atoms with Crippen LogP contribution in [-0.2, 0) is 20.7 Å². The first-order valence-electron chi connectivity index (χ1n) is 10.4. The molecular weight excluding hydrogens is 396 g/mol. The predicted molar refractivity (Wildman–Crippen MR) is 112 cm³/mol. The summed E-state index contributed by atoms with van der Waals surface area (Å²) in [6, 6.07) is 13.0.